The number of hydrogen-bond donors (Lipinski definition) is 0. The van der Waals surface area contributed by atoms with Crippen molar-refractivity contribution in [2.75, 3.05) is 13.2 Å². The van der Waals surface area contributed by atoms with Gasteiger partial charge >= 0.3 is 0 Å². The van der Waals surface area contributed by atoms with Crippen LogP contribution in [0.2, 0.25) is 0 Å². The van der Waals surface area contributed by atoms with Crippen molar-refractivity contribution in [2.24, 2.45) is 7.05 Å². The Morgan fingerprint density at radius 2 is 2.21 bits per heavy atom. The number of aryl methyl sites for hydroxylation is 2. The third kappa shape index (κ3) is 4.23. The molecule has 0 N–H and O–H groups in total. The molecule has 1 amide bonds. The number of imidazole rings is 1. The fourth-order valence-corrected chi connectivity index (χ4v) is 3.08. The molecule has 5 heteroatoms. The van der Waals surface area contributed by atoms with E-state index in [1.54, 1.807) is 6.20 Å². The molecule has 24 heavy (non-hydrogen) atoms. The summed E-state index contributed by atoms with van der Waals surface area (Å²) in [7, 11) is 1.96. The fourth-order valence-electron chi connectivity index (χ4n) is 3.08. The summed E-state index contributed by atoms with van der Waals surface area (Å²) < 4.78 is 7.56. The maximum Gasteiger partial charge on any atom is 0.252 e. The highest BCUT2D eigenvalue weighted by Crippen LogP contribution is 2.17. The van der Waals surface area contributed by atoms with Crippen LogP contribution in [0.15, 0.2) is 42.7 Å². The third-order valence-corrected chi connectivity index (χ3v) is 4.51. The molecule has 1 aliphatic heterocycles. The maximum absolute atomic E-state index is 12.8. The van der Waals surface area contributed by atoms with Crippen molar-refractivity contribution in [1.82, 2.24) is 14.5 Å². The van der Waals surface area contributed by atoms with E-state index in [0.717, 1.165) is 38.1 Å². The fraction of sp³-hybridized carbons (Fsp3) is 0.474. The van der Waals surface area contributed by atoms with Crippen LogP contribution >= 0.6 is 0 Å². The summed E-state index contributed by atoms with van der Waals surface area (Å²) in [6.45, 7) is 1.95. The average molecular weight is 327 g/mol. The van der Waals surface area contributed by atoms with Crippen molar-refractivity contribution < 1.29 is 9.53 Å². The van der Waals surface area contributed by atoms with Crippen LogP contribution < -0.4 is 0 Å². The van der Waals surface area contributed by atoms with Crippen LogP contribution in [0.25, 0.3) is 0 Å². The number of rotatable bonds is 7. The Kier molecular flexibility index (Phi) is 5.64. The molecule has 3 rings (SSSR count). The highest BCUT2D eigenvalue weighted by Gasteiger charge is 2.28. The van der Waals surface area contributed by atoms with E-state index in [9.17, 15) is 4.79 Å². The molecule has 0 aliphatic carbocycles. The molecule has 0 spiro atoms. The van der Waals surface area contributed by atoms with E-state index < -0.39 is 0 Å². The molecule has 0 saturated carbocycles. The molecule has 128 valence electrons. The van der Waals surface area contributed by atoms with Gasteiger partial charge in [0.1, 0.15) is 11.9 Å². The first-order valence-corrected chi connectivity index (χ1v) is 8.64. The number of carbonyl (C=O) groups excluding carboxylic acids is 1. The second-order valence-electron chi connectivity index (χ2n) is 6.30. The van der Waals surface area contributed by atoms with E-state index in [-0.39, 0.29) is 12.0 Å². The number of ether oxygens (including phenoxy) is 1. The number of aromatic nitrogens is 2. The van der Waals surface area contributed by atoms with Crippen molar-refractivity contribution in [3.8, 4) is 0 Å². The van der Waals surface area contributed by atoms with E-state index in [0.29, 0.717) is 13.2 Å². The van der Waals surface area contributed by atoms with Crippen LogP contribution in [0.1, 0.15) is 30.7 Å². The number of benzene rings is 1. The Hall–Kier alpha value is -2.14. The van der Waals surface area contributed by atoms with Gasteiger partial charge in [-0.2, -0.15) is 0 Å². The number of amides is 1. The first kappa shape index (κ1) is 16.7. The van der Waals surface area contributed by atoms with Gasteiger partial charge in [0.15, 0.2) is 0 Å². The van der Waals surface area contributed by atoms with E-state index in [1.165, 1.54) is 5.56 Å². The molecule has 0 unspecified atom stereocenters. The van der Waals surface area contributed by atoms with Crippen LogP contribution in [-0.2, 0) is 29.5 Å². The lowest BCUT2D eigenvalue weighted by Gasteiger charge is -2.25. The largest absolute Gasteiger partial charge is 0.368 e. The van der Waals surface area contributed by atoms with Crippen molar-refractivity contribution in [3.63, 3.8) is 0 Å². The van der Waals surface area contributed by atoms with Crippen LogP contribution in [-0.4, -0.2) is 39.6 Å². The Labute approximate surface area is 143 Å². The summed E-state index contributed by atoms with van der Waals surface area (Å²) >= 11 is 0. The van der Waals surface area contributed by atoms with Crippen molar-refractivity contribution in [2.45, 2.75) is 38.3 Å². The predicted octanol–water partition coefficient (Wildman–Crippen LogP) is 2.56. The summed E-state index contributed by atoms with van der Waals surface area (Å²) in [6, 6.07) is 10.4. The number of hydrogen-bond acceptors (Lipinski definition) is 3. The van der Waals surface area contributed by atoms with Gasteiger partial charge in [-0.05, 0) is 31.2 Å². The lowest BCUT2D eigenvalue weighted by atomic mass is 10.1. The third-order valence-electron chi connectivity index (χ3n) is 4.51. The smallest absolute Gasteiger partial charge is 0.252 e. The van der Waals surface area contributed by atoms with Crippen LogP contribution in [0.3, 0.4) is 0 Å². The van der Waals surface area contributed by atoms with Gasteiger partial charge in [-0.25, -0.2) is 4.98 Å². The molecule has 1 atom stereocenters. The summed E-state index contributed by atoms with van der Waals surface area (Å²) in [6.07, 6.45) is 7.11. The highest BCUT2D eigenvalue weighted by atomic mass is 16.5. The highest BCUT2D eigenvalue weighted by molar-refractivity contribution is 5.81. The Morgan fingerprint density at radius 3 is 2.88 bits per heavy atom. The number of carbonyl (C=O) groups is 1. The van der Waals surface area contributed by atoms with Crippen LogP contribution in [0.4, 0.5) is 0 Å². The molecule has 0 bridgehead atoms. The Morgan fingerprint density at radius 1 is 1.38 bits per heavy atom. The van der Waals surface area contributed by atoms with Gasteiger partial charge in [-0.15, -0.1) is 0 Å². The minimum Gasteiger partial charge on any atom is -0.368 e. The summed E-state index contributed by atoms with van der Waals surface area (Å²) in [5.41, 5.74) is 1.30. The second-order valence-corrected chi connectivity index (χ2v) is 6.30. The molecule has 2 heterocycles. The number of nitrogens with zero attached hydrogens (tertiary/aromatic N) is 3. The van der Waals surface area contributed by atoms with Gasteiger partial charge in [0.05, 0.1) is 6.54 Å². The molecule has 1 aromatic carbocycles. The normalized spacial score (nSPS) is 17.1. The molecule has 1 saturated heterocycles. The Balaban J connectivity index is 1.62. The lowest BCUT2D eigenvalue weighted by Crippen LogP contribution is -2.39. The van der Waals surface area contributed by atoms with E-state index in [2.05, 4.69) is 29.2 Å². The van der Waals surface area contributed by atoms with Crippen LogP contribution in [0.5, 0.6) is 0 Å². The van der Waals surface area contributed by atoms with E-state index in [4.69, 9.17) is 4.74 Å². The van der Waals surface area contributed by atoms with Crippen molar-refractivity contribution in [1.29, 1.82) is 0 Å². The van der Waals surface area contributed by atoms with Gasteiger partial charge in [-0.3, -0.25) is 4.79 Å². The first-order chi connectivity index (χ1) is 11.7. The predicted molar refractivity (Wildman–Crippen MR) is 92.4 cm³/mol. The van der Waals surface area contributed by atoms with Gasteiger partial charge in [0.2, 0.25) is 0 Å². The van der Waals surface area contributed by atoms with Gasteiger partial charge < -0.3 is 14.2 Å². The van der Waals surface area contributed by atoms with E-state index in [1.807, 2.05) is 28.8 Å². The second kappa shape index (κ2) is 8.11. The molecular weight excluding hydrogens is 302 g/mol. The van der Waals surface area contributed by atoms with Gasteiger partial charge in [0, 0.05) is 32.6 Å². The van der Waals surface area contributed by atoms with Gasteiger partial charge in [0.25, 0.3) is 5.91 Å². The van der Waals surface area contributed by atoms with Crippen LogP contribution in [0, 0.1) is 0 Å². The van der Waals surface area contributed by atoms with Crippen molar-refractivity contribution in [3.05, 3.63) is 54.1 Å². The van der Waals surface area contributed by atoms with Crippen molar-refractivity contribution >= 4 is 5.91 Å². The topological polar surface area (TPSA) is 47.4 Å². The average Bonchev–Trinajstić information content (AvgIpc) is 3.27. The van der Waals surface area contributed by atoms with E-state index >= 15 is 0 Å². The molecular formula is C19H25N3O2. The summed E-state index contributed by atoms with van der Waals surface area (Å²) in [5, 5.41) is 0. The monoisotopic (exact) mass is 327 g/mol. The molecule has 5 nitrogen and oxygen atoms in total. The molecule has 2 aromatic rings. The Bertz CT molecular complexity index is 648. The lowest BCUT2D eigenvalue weighted by molar-refractivity contribution is -0.141. The first-order valence-electron chi connectivity index (χ1n) is 8.64. The quantitative estimate of drug-likeness (QED) is 0.785. The standard InChI is InChI=1S/C19H25N3O2/c1-21-13-11-20-18(21)15-22(19(23)17-10-6-14-24-17)12-5-9-16-7-3-2-4-8-16/h2-4,7-8,11,13,17H,5-6,9-10,12,14-15H2,1H3/t17-/m0/s1. The molecule has 1 aromatic heterocycles. The molecule has 1 aliphatic rings. The zero-order chi connectivity index (χ0) is 16.8. The summed E-state index contributed by atoms with van der Waals surface area (Å²) in [5.74, 6) is 1.00. The minimum atomic E-state index is -0.276. The minimum absolute atomic E-state index is 0.101. The maximum atomic E-state index is 12.8. The zero-order valence-corrected chi connectivity index (χ0v) is 14.2. The molecule has 1 fully saturated rings. The molecule has 0 radical (unpaired) electrons. The summed E-state index contributed by atoms with van der Waals surface area (Å²) in [4.78, 5) is 19.1. The SMILES string of the molecule is Cn1ccnc1CN(CCCc1ccccc1)C(=O)[C@@H]1CCCO1. The van der Waals surface area contributed by atoms with Gasteiger partial charge in [-0.1, -0.05) is 30.3 Å². The zero-order valence-electron chi connectivity index (χ0n) is 14.2.